The fraction of sp³-hybridized carbons (Fsp3) is 0.800. The molecule has 2 fully saturated rings. The van der Waals surface area contributed by atoms with E-state index in [4.69, 9.17) is 0 Å². The van der Waals surface area contributed by atoms with E-state index in [1.54, 1.807) is 0 Å². The maximum Gasteiger partial charge on any atom is 0.136 e. The quantitative estimate of drug-likeness (QED) is 0.623. The Morgan fingerprint density at radius 3 is 1.42 bits per heavy atom. The van der Waals surface area contributed by atoms with Gasteiger partial charge in [-0.2, -0.15) is 0 Å². The Bertz CT molecular complexity index is 188. The zero-order valence-electron chi connectivity index (χ0n) is 7.21. The standard InChI is InChI=1S/C10H14O2/c11-9(7-1-2-7)5-6-10(12)8-3-4-8/h7-8H,1-6H2. The van der Waals surface area contributed by atoms with E-state index in [-0.39, 0.29) is 0 Å². The van der Waals surface area contributed by atoms with Gasteiger partial charge in [0, 0.05) is 24.7 Å². The van der Waals surface area contributed by atoms with Gasteiger partial charge in [-0.3, -0.25) is 9.59 Å². The van der Waals surface area contributed by atoms with Crippen LogP contribution >= 0.6 is 0 Å². The van der Waals surface area contributed by atoms with Crippen molar-refractivity contribution < 1.29 is 9.59 Å². The second-order valence-electron chi connectivity index (χ2n) is 3.98. The van der Waals surface area contributed by atoms with Gasteiger partial charge in [0.15, 0.2) is 0 Å². The van der Waals surface area contributed by atoms with Crippen LogP contribution in [0.2, 0.25) is 0 Å². The molecule has 0 N–H and O–H groups in total. The molecular formula is C10H14O2. The van der Waals surface area contributed by atoms with Crippen LogP contribution in [0.5, 0.6) is 0 Å². The molecule has 0 spiro atoms. The summed E-state index contributed by atoms with van der Waals surface area (Å²) in [5.41, 5.74) is 0. The van der Waals surface area contributed by atoms with Crippen molar-refractivity contribution in [2.24, 2.45) is 11.8 Å². The molecule has 12 heavy (non-hydrogen) atoms. The molecule has 0 aromatic carbocycles. The van der Waals surface area contributed by atoms with Crippen LogP contribution < -0.4 is 0 Å². The molecule has 2 aliphatic carbocycles. The van der Waals surface area contributed by atoms with Crippen molar-refractivity contribution in [1.29, 1.82) is 0 Å². The molecule has 2 heteroatoms. The lowest BCUT2D eigenvalue weighted by Gasteiger charge is -1.96. The topological polar surface area (TPSA) is 34.1 Å². The van der Waals surface area contributed by atoms with Crippen LogP contribution in [0.3, 0.4) is 0 Å². The first-order valence-corrected chi connectivity index (χ1v) is 4.83. The summed E-state index contributed by atoms with van der Waals surface area (Å²) in [7, 11) is 0. The molecule has 0 saturated heterocycles. The van der Waals surface area contributed by atoms with Gasteiger partial charge in [-0.1, -0.05) is 0 Å². The fourth-order valence-electron chi connectivity index (χ4n) is 1.47. The normalized spacial score (nSPS) is 22.3. The Morgan fingerprint density at radius 1 is 0.833 bits per heavy atom. The minimum absolute atomic E-state index is 0.323. The summed E-state index contributed by atoms with van der Waals surface area (Å²) in [5, 5.41) is 0. The van der Waals surface area contributed by atoms with Crippen LogP contribution in [0.4, 0.5) is 0 Å². The van der Waals surface area contributed by atoms with Gasteiger partial charge in [0.05, 0.1) is 0 Å². The zero-order chi connectivity index (χ0) is 8.55. The lowest BCUT2D eigenvalue weighted by molar-refractivity contribution is -0.125. The van der Waals surface area contributed by atoms with Gasteiger partial charge in [-0.05, 0) is 25.7 Å². The first kappa shape index (κ1) is 7.96. The number of hydrogen-bond donors (Lipinski definition) is 0. The second-order valence-corrected chi connectivity index (χ2v) is 3.98. The third-order valence-electron chi connectivity index (χ3n) is 2.68. The molecule has 0 aromatic rings. The van der Waals surface area contributed by atoms with Crippen molar-refractivity contribution in [2.45, 2.75) is 38.5 Å². The van der Waals surface area contributed by atoms with Crippen molar-refractivity contribution >= 4 is 11.6 Å². The largest absolute Gasteiger partial charge is 0.299 e. The average molecular weight is 166 g/mol. The van der Waals surface area contributed by atoms with Gasteiger partial charge in [0.1, 0.15) is 11.6 Å². The zero-order valence-corrected chi connectivity index (χ0v) is 7.21. The summed E-state index contributed by atoms with van der Waals surface area (Å²) in [6, 6.07) is 0. The Hall–Kier alpha value is -0.660. The van der Waals surface area contributed by atoms with Crippen molar-refractivity contribution in [3.8, 4) is 0 Å². The molecule has 2 rings (SSSR count). The van der Waals surface area contributed by atoms with Gasteiger partial charge < -0.3 is 0 Å². The average Bonchev–Trinajstić information content (AvgIpc) is 2.91. The van der Waals surface area contributed by atoms with E-state index in [1.807, 2.05) is 0 Å². The summed E-state index contributed by atoms with van der Waals surface area (Å²) >= 11 is 0. The Balaban J connectivity index is 1.66. The Kier molecular flexibility index (Phi) is 1.99. The molecule has 0 aliphatic heterocycles. The summed E-state index contributed by atoms with van der Waals surface area (Å²) in [4.78, 5) is 22.4. The molecule has 2 saturated carbocycles. The van der Waals surface area contributed by atoms with Gasteiger partial charge in [-0.25, -0.2) is 0 Å². The van der Waals surface area contributed by atoms with Gasteiger partial charge >= 0.3 is 0 Å². The van der Waals surface area contributed by atoms with Crippen LogP contribution in [-0.4, -0.2) is 11.6 Å². The Labute approximate surface area is 72.3 Å². The van der Waals surface area contributed by atoms with Gasteiger partial charge in [0.25, 0.3) is 0 Å². The van der Waals surface area contributed by atoms with Crippen LogP contribution in [0.25, 0.3) is 0 Å². The molecular weight excluding hydrogens is 152 g/mol. The van der Waals surface area contributed by atoms with E-state index in [0.717, 1.165) is 25.7 Å². The minimum atomic E-state index is 0.323. The number of ketones is 2. The third kappa shape index (κ3) is 1.93. The summed E-state index contributed by atoms with van der Waals surface area (Å²) in [5.74, 6) is 1.31. The SMILES string of the molecule is O=C(CCC(=O)C1CC1)C1CC1. The summed E-state index contributed by atoms with van der Waals surface area (Å²) in [6.07, 6.45) is 5.29. The van der Waals surface area contributed by atoms with Crippen molar-refractivity contribution in [2.75, 3.05) is 0 Å². The smallest absolute Gasteiger partial charge is 0.136 e. The molecule has 0 aromatic heterocycles. The maximum absolute atomic E-state index is 11.2. The molecule has 0 amide bonds. The van der Waals surface area contributed by atoms with Crippen LogP contribution in [-0.2, 0) is 9.59 Å². The molecule has 66 valence electrons. The number of carbonyl (C=O) groups excluding carboxylic acids is 2. The highest BCUT2D eigenvalue weighted by atomic mass is 16.1. The first-order valence-electron chi connectivity index (χ1n) is 4.83. The van der Waals surface area contributed by atoms with Crippen molar-refractivity contribution in [1.82, 2.24) is 0 Å². The summed E-state index contributed by atoms with van der Waals surface area (Å²) in [6.45, 7) is 0. The van der Waals surface area contributed by atoms with E-state index in [0.29, 0.717) is 36.2 Å². The molecule has 0 unspecified atom stereocenters. The molecule has 2 aliphatic rings. The van der Waals surface area contributed by atoms with Crippen molar-refractivity contribution in [3.63, 3.8) is 0 Å². The van der Waals surface area contributed by atoms with E-state index >= 15 is 0 Å². The highest BCUT2D eigenvalue weighted by Crippen LogP contribution is 2.34. The predicted molar refractivity (Wildman–Crippen MR) is 44.7 cm³/mol. The first-order chi connectivity index (χ1) is 5.77. The van der Waals surface area contributed by atoms with Crippen LogP contribution in [0.1, 0.15) is 38.5 Å². The fourth-order valence-corrected chi connectivity index (χ4v) is 1.47. The molecule has 0 radical (unpaired) electrons. The predicted octanol–water partition coefficient (Wildman–Crippen LogP) is 1.72. The molecule has 2 nitrogen and oxygen atoms in total. The highest BCUT2D eigenvalue weighted by Gasteiger charge is 2.32. The molecule has 0 bridgehead atoms. The van der Waals surface area contributed by atoms with Gasteiger partial charge in [0.2, 0.25) is 0 Å². The number of hydrogen-bond acceptors (Lipinski definition) is 2. The second kappa shape index (κ2) is 3.00. The molecule has 0 atom stereocenters. The number of carbonyl (C=O) groups is 2. The van der Waals surface area contributed by atoms with Crippen molar-refractivity contribution in [3.05, 3.63) is 0 Å². The monoisotopic (exact) mass is 166 g/mol. The third-order valence-corrected chi connectivity index (χ3v) is 2.68. The summed E-state index contributed by atoms with van der Waals surface area (Å²) < 4.78 is 0. The minimum Gasteiger partial charge on any atom is -0.299 e. The molecule has 0 heterocycles. The maximum atomic E-state index is 11.2. The lowest BCUT2D eigenvalue weighted by Crippen LogP contribution is -2.06. The van der Waals surface area contributed by atoms with Crippen LogP contribution in [0.15, 0.2) is 0 Å². The van der Waals surface area contributed by atoms with E-state index in [2.05, 4.69) is 0 Å². The Morgan fingerprint density at radius 2 is 1.17 bits per heavy atom. The van der Waals surface area contributed by atoms with E-state index < -0.39 is 0 Å². The van der Waals surface area contributed by atoms with Gasteiger partial charge in [-0.15, -0.1) is 0 Å². The number of Topliss-reactive ketones (excluding diaryl/α,β-unsaturated/α-hetero) is 2. The van der Waals surface area contributed by atoms with E-state index in [9.17, 15) is 9.59 Å². The van der Waals surface area contributed by atoms with Crippen LogP contribution in [0, 0.1) is 11.8 Å². The highest BCUT2D eigenvalue weighted by molar-refractivity contribution is 5.90. The lowest BCUT2D eigenvalue weighted by atomic mass is 10.1. The van der Waals surface area contributed by atoms with E-state index in [1.165, 1.54) is 0 Å². The number of rotatable bonds is 5.